The van der Waals surface area contributed by atoms with Crippen molar-refractivity contribution < 1.29 is 14.3 Å². The Balaban J connectivity index is 2.40. The van der Waals surface area contributed by atoms with Crippen LogP contribution in [0.1, 0.15) is 19.3 Å². The zero-order valence-electron chi connectivity index (χ0n) is 12.8. The number of carbonyl (C=O) groups is 1. The first-order valence-corrected chi connectivity index (χ1v) is 7.12. The van der Waals surface area contributed by atoms with Gasteiger partial charge < -0.3 is 25.4 Å². The van der Waals surface area contributed by atoms with Crippen LogP contribution in [0.15, 0.2) is 12.1 Å². The molecule has 1 fully saturated rings. The predicted molar refractivity (Wildman–Crippen MR) is 83.0 cm³/mol. The molecule has 0 aromatic heterocycles. The third-order valence-corrected chi connectivity index (χ3v) is 3.89. The Morgan fingerprint density at radius 3 is 2.57 bits per heavy atom. The largest absolute Gasteiger partial charge is 0.493 e. The number of amides is 1. The number of piperidine rings is 1. The van der Waals surface area contributed by atoms with Crippen molar-refractivity contribution in [3.8, 4) is 11.5 Å². The van der Waals surface area contributed by atoms with Crippen LogP contribution in [0.3, 0.4) is 0 Å². The third kappa shape index (κ3) is 2.99. The van der Waals surface area contributed by atoms with E-state index in [1.165, 1.54) is 0 Å². The number of anilines is 2. The lowest BCUT2D eigenvalue weighted by molar-refractivity contribution is -0.122. The average Bonchev–Trinajstić information content (AvgIpc) is 2.53. The van der Waals surface area contributed by atoms with Crippen LogP contribution in [0.5, 0.6) is 11.5 Å². The number of carbonyl (C=O) groups excluding carboxylic acids is 1. The number of hydrogen-bond acceptors (Lipinski definition) is 5. The van der Waals surface area contributed by atoms with E-state index in [4.69, 9.17) is 15.2 Å². The number of ether oxygens (including phenoxy) is 2. The van der Waals surface area contributed by atoms with Gasteiger partial charge in [-0.25, -0.2) is 0 Å². The van der Waals surface area contributed by atoms with Crippen LogP contribution in [0.2, 0.25) is 0 Å². The minimum absolute atomic E-state index is 0.0175. The molecule has 6 heteroatoms. The van der Waals surface area contributed by atoms with E-state index in [-0.39, 0.29) is 11.9 Å². The van der Waals surface area contributed by atoms with E-state index in [1.807, 2.05) is 6.07 Å². The van der Waals surface area contributed by atoms with Gasteiger partial charge in [0.2, 0.25) is 5.91 Å². The smallest absolute Gasteiger partial charge is 0.242 e. The van der Waals surface area contributed by atoms with Crippen LogP contribution in [-0.2, 0) is 4.79 Å². The van der Waals surface area contributed by atoms with Crippen molar-refractivity contribution in [1.82, 2.24) is 5.32 Å². The molecular weight excluding hydrogens is 270 g/mol. The van der Waals surface area contributed by atoms with Crippen LogP contribution >= 0.6 is 0 Å². The van der Waals surface area contributed by atoms with Crippen molar-refractivity contribution in [2.24, 2.45) is 0 Å². The molecule has 1 unspecified atom stereocenters. The lowest BCUT2D eigenvalue weighted by Gasteiger charge is -2.37. The van der Waals surface area contributed by atoms with E-state index in [0.29, 0.717) is 17.2 Å². The number of nitrogens with zero attached hydrogens (tertiary/aromatic N) is 1. The van der Waals surface area contributed by atoms with Crippen LogP contribution in [-0.4, -0.2) is 39.8 Å². The molecule has 1 heterocycles. The summed E-state index contributed by atoms with van der Waals surface area (Å²) in [6.45, 7) is 0.803. The summed E-state index contributed by atoms with van der Waals surface area (Å²) >= 11 is 0. The molecule has 21 heavy (non-hydrogen) atoms. The summed E-state index contributed by atoms with van der Waals surface area (Å²) in [5.41, 5.74) is 7.55. The molecule has 1 saturated heterocycles. The van der Waals surface area contributed by atoms with Gasteiger partial charge in [-0.1, -0.05) is 0 Å². The van der Waals surface area contributed by atoms with Gasteiger partial charge in [-0.05, 0) is 19.3 Å². The van der Waals surface area contributed by atoms with Crippen LogP contribution < -0.4 is 25.4 Å². The summed E-state index contributed by atoms with van der Waals surface area (Å²) in [5.74, 6) is 1.22. The molecule has 1 aliphatic heterocycles. The zero-order valence-corrected chi connectivity index (χ0v) is 12.8. The fourth-order valence-electron chi connectivity index (χ4n) is 2.79. The van der Waals surface area contributed by atoms with Crippen molar-refractivity contribution in [1.29, 1.82) is 0 Å². The Kier molecular flexibility index (Phi) is 4.77. The van der Waals surface area contributed by atoms with Gasteiger partial charge in [-0.3, -0.25) is 4.79 Å². The number of rotatable bonds is 4. The number of nitrogen functional groups attached to an aromatic ring is 1. The Morgan fingerprint density at radius 1 is 1.29 bits per heavy atom. The fourth-order valence-corrected chi connectivity index (χ4v) is 2.79. The molecule has 1 aromatic carbocycles. The highest BCUT2D eigenvalue weighted by molar-refractivity contribution is 5.87. The van der Waals surface area contributed by atoms with Crippen molar-refractivity contribution in [2.75, 3.05) is 38.4 Å². The molecule has 2 rings (SSSR count). The van der Waals surface area contributed by atoms with Gasteiger partial charge in [0.25, 0.3) is 0 Å². The van der Waals surface area contributed by atoms with Gasteiger partial charge in [0.1, 0.15) is 6.04 Å². The lowest BCUT2D eigenvalue weighted by atomic mass is 10.00. The number of hydrogen-bond donors (Lipinski definition) is 2. The number of nitrogens with two attached hydrogens (primary N) is 1. The fraction of sp³-hybridized carbons (Fsp3) is 0.533. The highest BCUT2D eigenvalue weighted by Gasteiger charge is 2.30. The first kappa shape index (κ1) is 15.3. The number of nitrogens with one attached hydrogen (secondary N) is 1. The minimum Gasteiger partial charge on any atom is -0.493 e. The van der Waals surface area contributed by atoms with Gasteiger partial charge in [0.15, 0.2) is 11.5 Å². The van der Waals surface area contributed by atoms with Gasteiger partial charge in [-0.2, -0.15) is 0 Å². The molecule has 0 bridgehead atoms. The Labute approximate surface area is 125 Å². The molecule has 116 valence electrons. The van der Waals surface area contributed by atoms with E-state index in [0.717, 1.165) is 31.5 Å². The maximum absolute atomic E-state index is 12.1. The molecule has 0 radical (unpaired) electrons. The predicted octanol–water partition coefficient (Wildman–Crippen LogP) is 1.39. The summed E-state index contributed by atoms with van der Waals surface area (Å²) in [6.07, 6.45) is 2.91. The van der Waals surface area contributed by atoms with Crippen molar-refractivity contribution in [3.05, 3.63) is 12.1 Å². The van der Waals surface area contributed by atoms with E-state index in [2.05, 4.69) is 10.2 Å². The van der Waals surface area contributed by atoms with Crippen molar-refractivity contribution in [3.63, 3.8) is 0 Å². The van der Waals surface area contributed by atoms with E-state index < -0.39 is 0 Å². The molecular formula is C15H23N3O3. The number of methoxy groups -OCH3 is 2. The van der Waals surface area contributed by atoms with Crippen LogP contribution in [0.25, 0.3) is 0 Å². The van der Waals surface area contributed by atoms with Gasteiger partial charge in [0, 0.05) is 25.7 Å². The molecule has 0 saturated carbocycles. The first-order chi connectivity index (χ1) is 10.1. The second kappa shape index (κ2) is 6.56. The van der Waals surface area contributed by atoms with Gasteiger partial charge >= 0.3 is 0 Å². The molecule has 0 aliphatic carbocycles. The minimum atomic E-state index is -0.191. The highest BCUT2D eigenvalue weighted by atomic mass is 16.5. The standard InChI is InChI=1S/C15H23N3O3/c1-17-15(19)11-6-4-5-7-18(11)12-9-14(21-3)13(20-2)8-10(12)16/h8-9,11H,4-7,16H2,1-3H3,(H,17,19). The summed E-state index contributed by atoms with van der Waals surface area (Å²) in [7, 11) is 4.82. The maximum Gasteiger partial charge on any atom is 0.242 e. The topological polar surface area (TPSA) is 76.8 Å². The molecule has 0 spiro atoms. The van der Waals surface area contributed by atoms with Gasteiger partial charge in [0.05, 0.1) is 25.6 Å². The van der Waals surface area contributed by atoms with Crippen molar-refractivity contribution in [2.45, 2.75) is 25.3 Å². The Bertz CT molecular complexity index is 519. The summed E-state index contributed by atoms with van der Waals surface area (Å²) in [5, 5.41) is 2.73. The quantitative estimate of drug-likeness (QED) is 0.820. The van der Waals surface area contributed by atoms with E-state index in [9.17, 15) is 4.79 Å². The van der Waals surface area contributed by atoms with E-state index in [1.54, 1.807) is 27.3 Å². The second-order valence-electron chi connectivity index (χ2n) is 5.09. The maximum atomic E-state index is 12.1. The molecule has 3 N–H and O–H groups in total. The molecule has 1 atom stereocenters. The number of likely N-dealkylation sites (N-methyl/N-ethyl adjacent to an activating group) is 1. The average molecular weight is 293 g/mol. The summed E-state index contributed by atoms with van der Waals surface area (Å²) in [6, 6.07) is 3.39. The SMILES string of the molecule is CNC(=O)C1CCCCN1c1cc(OC)c(OC)cc1N. The van der Waals surface area contributed by atoms with Crippen LogP contribution in [0.4, 0.5) is 11.4 Å². The molecule has 1 aliphatic rings. The second-order valence-corrected chi connectivity index (χ2v) is 5.09. The van der Waals surface area contributed by atoms with Gasteiger partial charge in [-0.15, -0.1) is 0 Å². The van der Waals surface area contributed by atoms with Crippen LogP contribution in [0, 0.1) is 0 Å². The Morgan fingerprint density at radius 2 is 1.95 bits per heavy atom. The monoisotopic (exact) mass is 293 g/mol. The normalized spacial score (nSPS) is 18.2. The van der Waals surface area contributed by atoms with E-state index >= 15 is 0 Å². The molecule has 6 nitrogen and oxygen atoms in total. The first-order valence-electron chi connectivity index (χ1n) is 7.12. The summed E-state index contributed by atoms with van der Waals surface area (Å²) in [4.78, 5) is 14.1. The summed E-state index contributed by atoms with van der Waals surface area (Å²) < 4.78 is 10.6. The third-order valence-electron chi connectivity index (χ3n) is 3.89. The van der Waals surface area contributed by atoms with Crippen molar-refractivity contribution >= 4 is 17.3 Å². The zero-order chi connectivity index (χ0) is 15.4. The molecule has 1 aromatic rings. The lowest BCUT2D eigenvalue weighted by Crippen LogP contribution is -2.49. The number of benzene rings is 1. The molecule has 1 amide bonds. The Hall–Kier alpha value is -2.11. The highest BCUT2D eigenvalue weighted by Crippen LogP contribution is 2.38.